The molecule has 11 nitrogen and oxygen atoms in total. The first kappa shape index (κ1) is 30.4. The Labute approximate surface area is 255 Å². The van der Waals surface area contributed by atoms with Gasteiger partial charge in [0.25, 0.3) is 5.91 Å². The van der Waals surface area contributed by atoms with Gasteiger partial charge in [-0.15, -0.1) is 0 Å². The van der Waals surface area contributed by atoms with Gasteiger partial charge in [0.2, 0.25) is 10.0 Å². The third-order valence-electron chi connectivity index (χ3n) is 8.48. The van der Waals surface area contributed by atoms with Crippen LogP contribution in [0.15, 0.2) is 41.3 Å². The van der Waals surface area contributed by atoms with Crippen LogP contribution in [0.5, 0.6) is 0 Å². The van der Waals surface area contributed by atoms with Crippen molar-refractivity contribution in [1.82, 2.24) is 19.8 Å². The van der Waals surface area contributed by atoms with Gasteiger partial charge in [-0.2, -0.15) is 9.40 Å². The minimum atomic E-state index is -4.26. The van der Waals surface area contributed by atoms with Gasteiger partial charge in [-0.3, -0.25) is 9.89 Å². The number of carbonyl (C=O) groups is 1. The number of anilines is 3. The summed E-state index contributed by atoms with van der Waals surface area (Å²) in [7, 11) is -4.26. The number of nitrogens with zero attached hydrogens (tertiary/aromatic N) is 3. The van der Waals surface area contributed by atoms with Gasteiger partial charge >= 0.3 is 0 Å². The number of hydrogen-bond acceptors (Lipinski definition) is 8. The second-order valence-electron chi connectivity index (χ2n) is 12.1. The molecule has 3 aliphatic heterocycles. The molecule has 1 amide bonds. The van der Waals surface area contributed by atoms with E-state index in [4.69, 9.17) is 4.74 Å². The number of piperidine rings is 1. The smallest absolute Gasteiger partial charge is 0.258 e. The SMILES string of the molecule is CC1(C)CN(S(=O)(=O)c2cc(F)cc(F)c2)Cc2c(NC(=O)c3ccc(N4CCOCC4)cc3NC3CCNCC3)n[nH]c21. The maximum absolute atomic E-state index is 13.9. The van der Waals surface area contributed by atoms with Crippen molar-refractivity contribution in [2.24, 2.45) is 0 Å². The Bertz CT molecular complexity index is 1630. The van der Waals surface area contributed by atoms with E-state index in [1.165, 1.54) is 0 Å². The van der Waals surface area contributed by atoms with E-state index in [1.807, 2.05) is 26.0 Å². The largest absolute Gasteiger partial charge is 0.382 e. The number of amides is 1. The minimum Gasteiger partial charge on any atom is -0.382 e. The molecule has 0 radical (unpaired) electrons. The van der Waals surface area contributed by atoms with Crippen LogP contribution in [0.2, 0.25) is 0 Å². The van der Waals surface area contributed by atoms with E-state index in [2.05, 4.69) is 31.0 Å². The molecule has 3 aliphatic rings. The Morgan fingerprint density at radius 3 is 2.48 bits per heavy atom. The lowest BCUT2D eigenvalue weighted by molar-refractivity contribution is 0.102. The summed E-state index contributed by atoms with van der Waals surface area (Å²) in [6.45, 7) is 8.17. The molecule has 0 bridgehead atoms. The van der Waals surface area contributed by atoms with Gasteiger partial charge in [-0.05, 0) is 56.3 Å². The second-order valence-corrected chi connectivity index (χ2v) is 14.1. The maximum Gasteiger partial charge on any atom is 0.258 e. The number of rotatable bonds is 7. The summed E-state index contributed by atoms with van der Waals surface area (Å²) < 4.78 is 61.6. The highest BCUT2D eigenvalue weighted by Crippen LogP contribution is 2.38. The summed E-state index contributed by atoms with van der Waals surface area (Å²) in [6, 6.07) is 8.15. The number of aromatic amines is 1. The first-order valence-electron chi connectivity index (χ1n) is 14.8. The molecule has 236 valence electrons. The van der Waals surface area contributed by atoms with Gasteiger partial charge in [-0.25, -0.2) is 17.2 Å². The molecule has 14 heteroatoms. The third-order valence-corrected chi connectivity index (χ3v) is 10.2. The lowest BCUT2D eigenvalue weighted by Gasteiger charge is -2.36. The number of aromatic nitrogens is 2. The van der Waals surface area contributed by atoms with Crippen molar-refractivity contribution in [3.05, 3.63) is 64.9 Å². The van der Waals surface area contributed by atoms with E-state index < -0.39 is 37.9 Å². The van der Waals surface area contributed by atoms with Crippen LogP contribution >= 0.6 is 0 Å². The fraction of sp³-hybridized carbons (Fsp3) is 0.467. The lowest BCUT2D eigenvalue weighted by Crippen LogP contribution is -2.45. The zero-order valence-electron chi connectivity index (χ0n) is 24.8. The number of benzene rings is 2. The van der Waals surface area contributed by atoms with Gasteiger partial charge < -0.3 is 25.6 Å². The number of sulfonamides is 1. The van der Waals surface area contributed by atoms with Crippen LogP contribution in [0.3, 0.4) is 0 Å². The summed E-state index contributed by atoms with van der Waals surface area (Å²) in [5.41, 5.74) is 2.58. The fourth-order valence-corrected chi connectivity index (χ4v) is 7.77. The Balaban J connectivity index is 1.29. The van der Waals surface area contributed by atoms with E-state index in [9.17, 15) is 22.0 Å². The summed E-state index contributed by atoms with van der Waals surface area (Å²) in [4.78, 5) is 15.6. The average molecular weight is 630 g/mol. The molecule has 0 aliphatic carbocycles. The van der Waals surface area contributed by atoms with Crippen LogP contribution in [-0.4, -0.2) is 80.8 Å². The highest BCUT2D eigenvalue weighted by atomic mass is 32.2. The number of nitrogens with one attached hydrogen (secondary N) is 4. The molecule has 4 heterocycles. The minimum absolute atomic E-state index is 0.0450. The Hall–Kier alpha value is -3.59. The molecule has 0 saturated carbocycles. The van der Waals surface area contributed by atoms with Crippen LogP contribution in [0, 0.1) is 11.6 Å². The molecule has 0 spiro atoms. The molecule has 0 atom stereocenters. The monoisotopic (exact) mass is 629 g/mol. The molecule has 44 heavy (non-hydrogen) atoms. The molecule has 4 N–H and O–H groups in total. The summed E-state index contributed by atoms with van der Waals surface area (Å²) in [5.74, 6) is -2.15. The van der Waals surface area contributed by atoms with E-state index in [0.717, 1.165) is 61.1 Å². The van der Waals surface area contributed by atoms with Gasteiger partial charge in [0.15, 0.2) is 5.82 Å². The maximum atomic E-state index is 13.9. The highest BCUT2D eigenvalue weighted by Gasteiger charge is 2.41. The second kappa shape index (κ2) is 12.1. The number of hydrogen-bond donors (Lipinski definition) is 4. The number of H-pyrrole nitrogens is 1. The molecular formula is C30H37F2N7O4S. The number of ether oxygens (including phenoxy) is 1. The predicted octanol–water partition coefficient (Wildman–Crippen LogP) is 3.42. The third kappa shape index (κ3) is 6.16. The van der Waals surface area contributed by atoms with E-state index in [0.29, 0.717) is 41.8 Å². The van der Waals surface area contributed by atoms with Crippen LogP contribution in [0.4, 0.5) is 26.0 Å². The predicted molar refractivity (Wildman–Crippen MR) is 163 cm³/mol. The first-order chi connectivity index (χ1) is 21.0. The Morgan fingerprint density at radius 1 is 1.07 bits per heavy atom. The number of carbonyl (C=O) groups excluding carboxylic acids is 1. The van der Waals surface area contributed by atoms with Crippen molar-refractivity contribution < 1.29 is 26.7 Å². The summed E-state index contributed by atoms with van der Waals surface area (Å²) >= 11 is 0. The first-order valence-corrected chi connectivity index (χ1v) is 16.2. The van der Waals surface area contributed by atoms with Crippen molar-refractivity contribution in [3.63, 3.8) is 0 Å². The molecule has 0 unspecified atom stereocenters. The quantitative estimate of drug-likeness (QED) is 0.313. The molecule has 6 rings (SSSR count). The van der Waals surface area contributed by atoms with Gasteiger partial charge in [0.1, 0.15) is 11.6 Å². The molecule has 3 aromatic rings. The molecule has 2 aromatic carbocycles. The summed E-state index contributed by atoms with van der Waals surface area (Å²) in [6.07, 6.45) is 1.84. The lowest BCUT2D eigenvalue weighted by atomic mass is 9.84. The van der Waals surface area contributed by atoms with Crippen molar-refractivity contribution >= 4 is 33.1 Å². The van der Waals surface area contributed by atoms with Gasteiger partial charge in [0.05, 0.1) is 23.7 Å². The topological polar surface area (TPSA) is 132 Å². The fourth-order valence-electron chi connectivity index (χ4n) is 6.16. The van der Waals surface area contributed by atoms with Crippen LogP contribution < -0.4 is 20.9 Å². The van der Waals surface area contributed by atoms with Crippen molar-refractivity contribution in [2.45, 2.75) is 49.6 Å². The number of halogens is 2. The zero-order valence-corrected chi connectivity index (χ0v) is 25.6. The van der Waals surface area contributed by atoms with Crippen LogP contribution in [0.25, 0.3) is 0 Å². The average Bonchev–Trinajstić information content (AvgIpc) is 3.41. The molecule has 1 aromatic heterocycles. The van der Waals surface area contributed by atoms with E-state index in [1.54, 1.807) is 6.07 Å². The van der Waals surface area contributed by atoms with Crippen molar-refractivity contribution in [2.75, 3.05) is 61.5 Å². The van der Waals surface area contributed by atoms with E-state index >= 15 is 0 Å². The van der Waals surface area contributed by atoms with Crippen LogP contribution in [-0.2, 0) is 26.7 Å². The number of morpholine rings is 1. The standard InChI is InChI=1S/C30H37F2N7O4S/c1-30(2)18-39(44(41,42)23-14-19(31)13-20(32)15-23)17-25-27(30)36-37-28(25)35-29(40)24-4-3-22(38-9-11-43-12-10-38)16-26(24)34-21-5-7-33-8-6-21/h3-4,13-16,21,33-34H,5-12,17-18H2,1-2H3,(H2,35,36,37,40). The number of fused-ring (bicyclic) bond motifs is 1. The normalized spacial score (nSPS) is 19.4. The zero-order chi connectivity index (χ0) is 31.1. The molecule has 2 saturated heterocycles. The van der Waals surface area contributed by atoms with Crippen molar-refractivity contribution in [1.29, 1.82) is 0 Å². The van der Waals surface area contributed by atoms with Crippen LogP contribution in [0.1, 0.15) is 48.3 Å². The summed E-state index contributed by atoms with van der Waals surface area (Å²) in [5, 5.41) is 17.2. The van der Waals surface area contributed by atoms with Gasteiger partial charge in [-0.1, -0.05) is 13.8 Å². The van der Waals surface area contributed by atoms with Gasteiger partial charge in [0, 0.05) is 66.3 Å². The molecular weight excluding hydrogens is 592 g/mol. The Morgan fingerprint density at radius 2 is 1.77 bits per heavy atom. The Kier molecular flexibility index (Phi) is 8.35. The van der Waals surface area contributed by atoms with Crippen molar-refractivity contribution in [3.8, 4) is 0 Å². The highest BCUT2D eigenvalue weighted by molar-refractivity contribution is 7.89. The van der Waals surface area contributed by atoms with E-state index in [-0.39, 0.29) is 24.9 Å². The molecule has 2 fully saturated rings.